The highest BCUT2D eigenvalue weighted by molar-refractivity contribution is 6.05. The summed E-state index contributed by atoms with van der Waals surface area (Å²) >= 11 is 0. The van der Waals surface area contributed by atoms with Gasteiger partial charge in [0.1, 0.15) is 11.3 Å². The van der Waals surface area contributed by atoms with Gasteiger partial charge in [-0.2, -0.15) is 0 Å². The first-order chi connectivity index (χ1) is 9.54. The van der Waals surface area contributed by atoms with Crippen molar-refractivity contribution in [3.05, 3.63) is 29.6 Å². The average Bonchev–Trinajstić information content (AvgIpc) is 2.91. The van der Waals surface area contributed by atoms with Crippen molar-refractivity contribution in [2.75, 3.05) is 0 Å². The Labute approximate surface area is 115 Å². The minimum Gasteiger partial charge on any atom is -0.390 e. The number of benzene rings is 1. The Morgan fingerprint density at radius 2 is 2.05 bits per heavy atom. The van der Waals surface area contributed by atoms with E-state index in [4.69, 9.17) is 0 Å². The molecule has 1 fully saturated rings. The minimum absolute atomic E-state index is 0.206. The Bertz CT molecular complexity index is 642. The first-order valence-corrected chi connectivity index (χ1v) is 6.67. The zero-order valence-corrected chi connectivity index (χ0v) is 11.1. The van der Waals surface area contributed by atoms with Crippen LogP contribution in [0.1, 0.15) is 29.0 Å². The van der Waals surface area contributed by atoms with Crippen molar-refractivity contribution >= 4 is 16.9 Å². The Kier molecular flexibility index (Phi) is 3.19. The number of nitrogens with zero attached hydrogens (tertiary/aromatic N) is 1. The number of hydrogen-bond acceptors (Lipinski definition) is 4. The van der Waals surface area contributed by atoms with Crippen LogP contribution >= 0.6 is 0 Å². The van der Waals surface area contributed by atoms with E-state index in [0.717, 1.165) is 11.3 Å². The van der Waals surface area contributed by atoms with Crippen LogP contribution in [0.4, 0.5) is 0 Å². The molecule has 1 saturated carbocycles. The van der Waals surface area contributed by atoms with Gasteiger partial charge < -0.3 is 20.5 Å². The van der Waals surface area contributed by atoms with Crippen LogP contribution in [0.3, 0.4) is 0 Å². The van der Waals surface area contributed by atoms with E-state index in [9.17, 15) is 15.0 Å². The molecule has 4 N–H and O–H groups in total. The monoisotopic (exact) mass is 275 g/mol. The predicted octanol–water partition coefficient (Wildman–Crippen LogP) is 0.485. The Balaban J connectivity index is 1.82. The van der Waals surface area contributed by atoms with E-state index in [-0.39, 0.29) is 11.9 Å². The highest BCUT2D eigenvalue weighted by Gasteiger charge is 2.32. The number of imidazole rings is 1. The summed E-state index contributed by atoms with van der Waals surface area (Å²) in [6.45, 7) is 1.84. The lowest BCUT2D eigenvalue weighted by Crippen LogP contribution is -2.33. The summed E-state index contributed by atoms with van der Waals surface area (Å²) in [5, 5.41) is 21.9. The van der Waals surface area contributed by atoms with Crippen molar-refractivity contribution in [3.8, 4) is 0 Å². The largest absolute Gasteiger partial charge is 0.390 e. The van der Waals surface area contributed by atoms with Gasteiger partial charge in [-0.3, -0.25) is 4.79 Å². The van der Waals surface area contributed by atoms with Crippen LogP contribution in [0, 0.1) is 6.92 Å². The quantitative estimate of drug-likeness (QED) is 0.641. The molecule has 3 atom stereocenters. The zero-order valence-electron chi connectivity index (χ0n) is 11.1. The fraction of sp³-hybridized carbons (Fsp3) is 0.429. The van der Waals surface area contributed by atoms with Crippen LogP contribution < -0.4 is 5.32 Å². The topological polar surface area (TPSA) is 98.2 Å². The van der Waals surface area contributed by atoms with E-state index in [1.807, 2.05) is 13.0 Å². The Morgan fingerprint density at radius 1 is 1.35 bits per heavy atom. The predicted molar refractivity (Wildman–Crippen MR) is 73.3 cm³/mol. The van der Waals surface area contributed by atoms with E-state index in [1.165, 1.54) is 0 Å². The highest BCUT2D eigenvalue weighted by atomic mass is 16.3. The molecule has 106 valence electrons. The van der Waals surface area contributed by atoms with Crippen LogP contribution in [0.25, 0.3) is 11.0 Å². The van der Waals surface area contributed by atoms with Gasteiger partial charge in [0.15, 0.2) is 0 Å². The van der Waals surface area contributed by atoms with Gasteiger partial charge in [-0.05, 0) is 31.9 Å². The van der Waals surface area contributed by atoms with Gasteiger partial charge >= 0.3 is 0 Å². The van der Waals surface area contributed by atoms with Crippen molar-refractivity contribution in [2.45, 2.75) is 38.0 Å². The number of amides is 1. The second-order valence-electron chi connectivity index (χ2n) is 5.30. The first-order valence-electron chi connectivity index (χ1n) is 6.67. The maximum Gasteiger partial charge on any atom is 0.253 e. The van der Waals surface area contributed by atoms with Crippen LogP contribution in [0.5, 0.6) is 0 Å². The highest BCUT2D eigenvalue weighted by Crippen LogP contribution is 2.21. The van der Waals surface area contributed by atoms with Crippen molar-refractivity contribution in [1.82, 2.24) is 15.3 Å². The SMILES string of the molecule is Cc1nc2c(C(=O)NC3C[C@@H](O)[C@@H](O)C3)cccc2[nH]1. The number of aromatic amines is 1. The van der Waals surface area contributed by atoms with Crippen LogP contribution in [0.2, 0.25) is 0 Å². The van der Waals surface area contributed by atoms with Gasteiger partial charge in [0.05, 0.1) is 23.3 Å². The zero-order chi connectivity index (χ0) is 14.3. The van der Waals surface area contributed by atoms with Gasteiger partial charge in [-0.15, -0.1) is 0 Å². The number of aliphatic hydroxyl groups excluding tert-OH is 2. The second kappa shape index (κ2) is 4.88. The van der Waals surface area contributed by atoms with Crippen LogP contribution in [-0.4, -0.2) is 44.3 Å². The number of carbonyl (C=O) groups excluding carboxylic acids is 1. The normalized spacial score (nSPS) is 26.1. The molecule has 0 radical (unpaired) electrons. The summed E-state index contributed by atoms with van der Waals surface area (Å²) in [6, 6.07) is 5.19. The van der Waals surface area contributed by atoms with E-state index in [0.29, 0.717) is 23.9 Å². The van der Waals surface area contributed by atoms with Gasteiger partial charge in [-0.25, -0.2) is 4.98 Å². The Morgan fingerprint density at radius 3 is 2.75 bits per heavy atom. The number of rotatable bonds is 2. The minimum atomic E-state index is -0.760. The van der Waals surface area contributed by atoms with Gasteiger partial charge in [-0.1, -0.05) is 6.07 Å². The number of aliphatic hydroxyl groups is 2. The number of nitrogens with one attached hydrogen (secondary N) is 2. The molecule has 1 heterocycles. The number of fused-ring (bicyclic) bond motifs is 1. The smallest absolute Gasteiger partial charge is 0.253 e. The lowest BCUT2D eigenvalue weighted by atomic mass is 10.1. The molecule has 2 aromatic rings. The number of carbonyl (C=O) groups is 1. The number of aryl methyl sites for hydroxylation is 1. The number of para-hydroxylation sites is 1. The maximum atomic E-state index is 12.3. The number of H-pyrrole nitrogens is 1. The lowest BCUT2D eigenvalue weighted by Gasteiger charge is -2.12. The summed E-state index contributed by atoms with van der Waals surface area (Å²) in [5.41, 5.74) is 1.96. The summed E-state index contributed by atoms with van der Waals surface area (Å²) in [7, 11) is 0. The summed E-state index contributed by atoms with van der Waals surface area (Å²) in [6.07, 6.45) is -0.766. The van der Waals surface area contributed by atoms with E-state index in [2.05, 4.69) is 15.3 Å². The molecule has 6 heteroatoms. The summed E-state index contributed by atoms with van der Waals surface area (Å²) in [4.78, 5) is 19.7. The third-order valence-corrected chi connectivity index (χ3v) is 3.71. The third-order valence-electron chi connectivity index (χ3n) is 3.71. The van der Waals surface area contributed by atoms with Crippen molar-refractivity contribution in [1.29, 1.82) is 0 Å². The van der Waals surface area contributed by atoms with Crippen LogP contribution in [0.15, 0.2) is 18.2 Å². The van der Waals surface area contributed by atoms with Crippen molar-refractivity contribution < 1.29 is 15.0 Å². The molecule has 1 aromatic heterocycles. The molecule has 0 aliphatic heterocycles. The van der Waals surface area contributed by atoms with Crippen LogP contribution in [-0.2, 0) is 0 Å². The molecule has 1 amide bonds. The van der Waals surface area contributed by atoms with Crippen molar-refractivity contribution in [3.63, 3.8) is 0 Å². The molecular weight excluding hydrogens is 258 g/mol. The molecule has 20 heavy (non-hydrogen) atoms. The molecule has 1 aromatic carbocycles. The standard InChI is InChI=1S/C14H17N3O3/c1-7-15-10-4-2-3-9(13(10)16-7)14(20)17-8-5-11(18)12(19)6-8/h2-4,8,11-12,18-19H,5-6H2,1H3,(H,15,16)(H,17,20)/t8?,11-,12+. The third kappa shape index (κ3) is 2.28. The number of aromatic nitrogens is 2. The molecule has 3 rings (SSSR count). The molecule has 1 unspecified atom stereocenters. The maximum absolute atomic E-state index is 12.3. The fourth-order valence-corrected chi connectivity index (χ4v) is 2.71. The Hall–Kier alpha value is -1.92. The molecule has 0 spiro atoms. The van der Waals surface area contributed by atoms with E-state index >= 15 is 0 Å². The summed E-state index contributed by atoms with van der Waals surface area (Å²) < 4.78 is 0. The molecule has 1 aliphatic carbocycles. The van der Waals surface area contributed by atoms with E-state index < -0.39 is 12.2 Å². The molecule has 1 aliphatic rings. The first kappa shape index (κ1) is 13.1. The molecule has 0 saturated heterocycles. The van der Waals surface area contributed by atoms with Crippen molar-refractivity contribution in [2.24, 2.45) is 0 Å². The van der Waals surface area contributed by atoms with Gasteiger partial charge in [0, 0.05) is 6.04 Å². The van der Waals surface area contributed by atoms with Gasteiger partial charge in [0.25, 0.3) is 5.91 Å². The molecule has 6 nitrogen and oxygen atoms in total. The van der Waals surface area contributed by atoms with E-state index in [1.54, 1.807) is 12.1 Å². The van der Waals surface area contributed by atoms with Gasteiger partial charge in [0.2, 0.25) is 0 Å². The fourth-order valence-electron chi connectivity index (χ4n) is 2.71. The molecule has 0 bridgehead atoms. The average molecular weight is 275 g/mol. The second-order valence-corrected chi connectivity index (χ2v) is 5.30. The number of hydrogen-bond donors (Lipinski definition) is 4. The molecular formula is C14H17N3O3. The lowest BCUT2D eigenvalue weighted by molar-refractivity contribution is 0.0438. The summed E-state index contributed by atoms with van der Waals surface area (Å²) in [5.74, 6) is 0.528.